The van der Waals surface area contributed by atoms with Crippen molar-refractivity contribution in [2.24, 2.45) is 0 Å². The highest BCUT2D eigenvalue weighted by Crippen LogP contribution is 2.32. The maximum atomic E-state index is 15.2. The second kappa shape index (κ2) is 10.8. The van der Waals surface area contributed by atoms with E-state index in [1.54, 1.807) is 22.3 Å². The molecule has 0 unspecified atom stereocenters. The smallest absolute Gasteiger partial charge is 0.324 e. The number of carbonyl (C=O) groups excluding carboxylic acids is 1. The molecule has 200 valence electrons. The van der Waals surface area contributed by atoms with Crippen LogP contribution in [0.4, 0.5) is 23.7 Å². The normalized spacial score (nSPS) is 14.7. The summed E-state index contributed by atoms with van der Waals surface area (Å²) in [6, 6.07) is 9.23. The van der Waals surface area contributed by atoms with Crippen LogP contribution >= 0.6 is 11.3 Å². The van der Waals surface area contributed by atoms with Gasteiger partial charge in [-0.25, -0.2) is 14.2 Å². The van der Waals surface area contributed by atoms with Crippen LogP contribution in [-0.2, 0) is 17.3 Å². The van der Waals surface area contributed by atoms with E-state index in [1.165, 1.54) is 17.0 Å². The van der Waals surface area contributed by atoms with Crippen LogP contribution in [0.5, 0.6) is 0 Å². The summed E-state index contributed by atoms with van der Waals surface area (Å²) < 4.78 is 58.5. The van der Waals surface area contributed by atoms with E-state index in [1.807, 2.05) is 12.1 Å². The van der Waals surface area contributed by atoms with Crippen molar-refractivity contribution in [1.29, 1.82) is 0 Å². The van der Waals surface area contributed by atoms with Gasteiger partial charge < -0.3 is 9.32 Å². The SMILES string of the molecule is CC(C)c1nc2ccc(N(Cc3ccc(-c4nnc(C(F)F)o4)cc3F)C(=O)N3CCS(=O)CC3)cc2s1. The van der Waals surface area contributed by atoms with Crippen molar-refractivity contribution in [3.05, 3.63) is 58.7 Å². The number of aromatic nitrogens is 3. The molecule has 13 heteroatoms. The molecule has 0 bridgehead atoms. The van der Waals surface area contributed by atoms with Crippen molar-refractivity contribution < 1.29 is 26.6 Å². The second-order valence-corrected chi connectivity index (χ2v) is 11.9. The molecule has 8 nitrogen and oxygen atoms in total. The Labute approximate surface area is 222 Å². The average molecular weight is 564 g/mol. The molecule has 4 aromatic rings. The van der Waals surface area contributed by atoms with E-state index in [-0.39, 0.29) is 35.5 Å². The highest BCUT2D eigenvalue weighted by atomic mass is 32.2. The molecule has 1 fully saturated rings. The monoisotopic (exact) mass is 563 g/mol. The van der Waals surface area contributed by atoms with Crippen LogP contribution in [0.3, 0.4) is 0 Å². The van der Waals surface area contributed by atoms with Crippen LogP contribution in [-0.4, -0.2) is 54.9 Å². The summed E-state index contributed by atoms with van der Waals surface area (Å²) in [4.78, 5) is 21.4. The lowest BCUT2D eigenvalue weighted by Crippen LogP contribution is -2.48. The number of carbonyl (C=O) groups is 1. The summed E-state index contributed by atoms with van der Waals surface area (Å²) in [5.41, 5.74) is 1.76. The van der Waals surface area contributed by atoms with Gasteiger partial charge in [0.05, 0.1) is 21.8 Å². The van der Waals surface area contributed by atoms with Crippen LogP contribution in [0.2, 0.25) is 0 Å². The largest absolute Gasteiger partial charge is 0.415 e. The number of nitrogens with zero attached hydrogens (tertiary/aromatic N) is 5. The number of urea groups is 1. The minimum atomic E-state index is -2.93. The molecule has 0 spiro atoms. The van der Waals surface area contributed by atoms with Crippen molar-refractivity contribution in [3.63, 3.8) is 0 Å². The van der Waals surface area contributed by atoms with E-state index in [2.05, 4.69) is 29.0 Å². The fourth-order valence-corrected chi connectivity index (χ4v) is 6.09. The van der Waals surface area contributed by atoms with Crippen molar-refractivity contribution in [2.75, 3.05) is 29.5 Å². The highest BCUT2D eigenvalue weighted by molar-refractivity contribution is 7.85. The lowest BCUT2D eigenvalue weighted by atomic mass is 10.1. The number of amides is 2. The molecule has 0 N–H and O–H groups in total. The first-order valence-corrected chi connectivity index (χ1v) is 14.2. The van der Waals surface area contributed by atoms with E-state index in [9.17, 15) is 17.8 Å². The van der Waals surface area contributed by atoms with Gasteiger partial charge in [0.1, 0.15) is 5.82 Å². The number of benzene rings is 2. The predicted molar refractivity (Wildman–Crippen MR) is 139 cm³/mol. The maximum absolute atomic E-state index is 15.2. The predicted octanol–water partition coefficient (Wildman–Crippen LogP) is 5.74. The van der Waals surface area contributed by atoms with Gasteiger partial charge in [-0.15, -0.1) is 21.5 Å². The van der Waals surface area contributed by atoms with Gasteiger partial charge >= 0.3 is 12.5 Å². The molecule has 2 aromatic carbocycles. The van der Waals surface area contributed by atoms with E-state index in [4.69, 9.17) is 4.42 Å². The topological polar surface area (TPSA) is 92.4 Å². The number of alkyl halides is 2. The molecule has 1 aliphatic rings. The van der Waals surface area contributed by atoms with Gasteiger partial charge in [0, 0.05) is 58.1 Å². The van der Waals surface area contributed by atoms with E-state index >= 15 is 4.39 Å². The van der Waals surface area contributed by atoms with Crippen molar-refractivity contribution in [3.8, 4) is 11.5 Å². The van der Waals surface area contributed by atoms with Crippen molar-refractivity contribution >= 4 is 44.1 Å². The fourth-order valence-electron chi connectivity index (χ4n) is 4.03. The molecule has 38 heavy (non-hydrogen) atoms. The molecule has 0 aliphatic carbocycles. The fraction of sp³-hybridized carbons (Fsp3) is 0.360. The number of halogens is 3. The Bertz CT molecular complexity index is 1500. The van der Waals surface area contributed by atoms with Gasteiger partial charge in [-0.3, -0.25) is 9.11 Å². The van der Waals surface area contributed by atoms with Crippen LogP contribution in [0.25, 0.3) is 21.7 Å². The average Bonchev–Trinajstić information content (AvgIpc) is 3.56. The summed E-state index contributed by atoms with van der Waals surface area (Å²) in [6.45, 7) is 4.71. The summed E-state index contributed by atoms with van der Waals surface area (Å²) in [6.07, 6.45) is -2.93. The Hall–Kier alpha value is -3.32. The Morgan fingerprint density at radius 1 is 1.16 bits per heavy atom. The molecule has 1 saturated heterocycles. The molecular formula is C25H24F3N5O3S2. The Balaban J connectivity index is 1.47. The maximum Gasteiger partial charge on any atom is 0.324 e. The molecule has 0 atom stereocenters. The van der Waals surface area contributed by atoms with E-state index in [0.717, 1.165) is 21.3 Å². The summed E-state index contributed by atoms with van der Waals surface area (Å²) >= 11 is 1.54. The van der Waals surface area contributed by atoms with Crippen molar-refractivity contribution in [1.82, 2.24) is 20.1 Å². The Morgan fingerprint density at radius 3 is 2.58 bits per heavy atom. The second-order valence-electron chi connectivity index (χ2n) is 9.12. The first-order chi connectivity index (χ1) is 18.2. The van der Waals surface area contributed by atoms with Gasteiger partial charge in [-0.2, -0.15) is 8.78 Å². The zero-order chi connectivity index (χ0) is 27.0. The number of thiazole rings is 1. The molecule has 0 saturated carbocycles. The quantitative estimate of drug-likeness (QED) is 0.297. The molecule has 3 heterocycles. The zero-order valence-corrected chi connectivity index (χ0v) is 22.2. The summed E-state index contributed by atoms with van der Waals surface area (Å²) in [5, 5.41) is 7.82. The first kappa shape index (κ1) is 26.3. The van der Waals surface area contributed by atoms with Gasteiger partial charge in [0.2, 0.25) is 5.89 Å². The number of hydrogen-bond donors (Lipinski definition) is 0. The molecule has 0 radical (unpaired) electrons. The molecule has 2 amide bonds. The molecular weight excluding hydrogens is 539 g/mol. The van der Waals surface area contributed by atoms with Crippen LogP contribution in [0.1, 0.15) is 42.7 Å². The summed E-state index contributed by atoms with van der Waals surface area (Å²) in [5.74, 6) is -0.693. The third-order valence-electron chi connectivity index (χ3n) is 6.13. The first-order valence-electron chi connectivity index (χ1n) is 11.9. The van der Waals surface area contributed by atoms with Crippen molar-refractivity contribution in [2.45, 2.75) is 32.7 Å². The van der Waals surface area contributed by atoms with E-state index in [0.29, 0.717) is 30.3 Å². The van der Waals surface area contributed by atoms with Crippen LogP contribution in [0, 0.1) is 5.82 Å². The minimum Gasteiger partial charge on any atom is -0.415 e. The van der Waals surface area contributed by atoms with Gasteiger partial charge in [-0.05, 0) is 30.3 Å². The third-order valence-corrected chi connectivity index (χ3v) is 8.72. The van der Waals surface area contributed by atoms with Crippen LogP contribution < -0.4 is 4.90 Å². The lowest BCUT2D eigenvalue weighted by Gasteiger charge is -2.33. The van der Waals surface area contributed by atoms with Gasteiger partial charge in [0.15, 0.2) is 0 Å². The van der Waals surface area contributed by atoms with Gasteiger partial charge in [0.25, 0.3) is 5.89 Å². The Morgan fingerprint density at radius 2 is 1.92 bits per heavy atom. The number of rotatable bonds is 6. The molecule has 2 aromatic heterocycles. The number of anilines is 1. The number of hydrogen-bond acceptors (Lipinski definition) is 7. The van der Waals surface area contributed by atoms with Crippen LogP contribution in [0.15, 0.2) is 40.8 Å². The highest BCUT2D eigenvalue weighted by Gasteiger charge is 2.27. The molecule has 1 aliphatic heterocycles. The minimum absolute atomic E-state index is 0.0853. The Kier molecular flexibility index (Phi) is 7.48. The third kappa shape index (κ3) is 5.44. The van der Waals surface area contributed by atoms with Gasteiger partial charge in [-0.1, -0.05) is 19.9 Å². The summed E-state index contributed by atoms with van der Waals surface area (Å²) in [7, 11) is -0.965. The zero-order valence-electron chi connectivity index (χ0n) is 20.6. The number of fused-ring (bicyclic) bond motifs is 1. The lowest BCUT2D eigenvalue weighted by molar-refractivity contribution is 0.116. The standard InChI is InChI=1S/C25H24F3N5O3S2/c1-14(2)24-29-19-6-5-17(12-20(19)37-24)33(25(34)32-7-9-38(35)10-8-32)13-16-4-3-15(11-18(16)26)22-30-31-23(36-22)21(27)28/h3-6,11-12,14,21H,7-10,13H2,1-2H3. The van der Waals surface area contributed by atoms with E-state index < -0.39 is 28.9 Å². The molecule has 5 rings (SSSR count).